The Balaban J connectivity index is 1.50. The van der Waals surface area contributed by atoms with Crippen LogP contribution in [0.15, 0.2) is 72.8 Å². The van der Waals surface area contributed by atoms with E-state index in [1.54, 1.807) is 41.3 Å². The molecule has 3 amide bonds. The van der Waals surface area contributed by atoms with Crippen molar-refractivity contribution >= 4 is 35.2 Å². The summed E-state index contributed by atoms with van der Waals surface area (Å²) in [5.41, 5.74) is 4.11. The van der Waals surface area contributed by atoms with E-state index < -0.39 is 24.5 Å². The topological polar surface area (TPSA) is 119 Å². The first-order valence-electron chi connectivity index (χ1n) is 13.9. The largest absolute Gasteiger partial charge is 0.479 e. The lowest BCUT2D eigenvalue weighted by Crippen LogP contribution is -2.40. The average Bonchev–Trinajstić information content (AvgIpc) is 2.99. The Labute approximate surface area is 245 Å². The summed E-state index contributed by atoms with van der Waals surface area (Å²) in [6, 6.07) is 21.8. The van der Waals surface area contributed by atoms with Gasteiger partial charge in [-0.05, 0) is 78.8 Å². The van der Waals surface area contributed by atoms with Crippen LogP contribution in [0, 0.1) is 0 Å². The van der Waals surface area contributed by atoms with Gasteiger partial charge in [-0.25, -0.2) is 9.59 Å². The summed E-state index contributed by atoms with van der Waals surface area (Å²) in [6.07, 6.45) is 4.49. The van der Waals surface area contributed by atoms with Crippen LogP contribution in [0.1, 0.15) is 78.0 Å². The molecule has 41 heavy (non-hydrogen) atoms. The number of aliphatic hydroxyl groups is 1. The fourth-order valence-electron chi connectivity index (χ4n) is 5.06. The third-order valence-electron chi connectivity index (χ3n) is 7.53. The van der Waals surface area contributed by atoms with Crippen molar-refractivity contribution in [3.63, 3.8) is 0 Å². The first kappa shape index (κ1) is 30.1. The Bertz CT molecular complexity index is 1320. The van der Waals surface area contributed by atoms with Crippen LogP contribution in [0.4, 0.5) is 10.5 Å². The molecule has 9 heteroatoms. The molecule has 1 aliphatic carbocycles. The monoisotopic (exact) mass is 577 g/mol. The van der Waals surface area contributed by atoms with Gasteiger partial charge in [-0.2, -0.15) is 0 Å². The molecule has 0 radical (unpaired) electrons. The van der Waals surface area contributed by atoms with Gasteiger partial charge in [0.1, 0.15) is 0 Å². The van der Waals surface area contributed by atoms with Gasteiger partial charge < -0.3 is 20.8 Å². The third-order valence-corrected chi connectivity index (χ3v) is 7.79. The number of aliphatic carboxylic acids is 1. The van der Waals surface area contributed by atoms with Crippen LogP contribution in [0.5, 0.6) is 0 Å². The summed E-state index contributed by atoms with van der Waals surface area (Å²) < 4.78 is 0. The van der Waals surface area contributed by atoms with E-state index in [1.807, 2.05) is 31.2 Å². The number of aliphatic hydroxyl groups excluding tert-OH is 1. The first-order valence-corrected chi connectivity index (χ1v) is 14.3. The second kappa shape index (κ2) is 14.1. The molecule has 1 aliphatic rings. The van der Waals surface area contributed by atoms with E-state index in [0.717, 1.165) is 16.8 Å². The number of anilines is 1. The zero-order valence-corrected chi connectivity index (χ0v) is 23.8. The van der Waals surface area contributed by atoms with Gasteiger partial charge in [-0.3, -0.25) is 9.69 Å². The lowest BCUT2D eigenvalue weighted by atomic mass is 9.84. The van der Waals surface area contributed by atoms with Crippen LogP contribution < -0.4 is 15.5 Å². The maximum absolute atomic E-state index is 13.6. The normalized spacial score (nSPS) is 15.0. The quantitative estimate of drug-likeness (QED) is 0.234. The molecule has 216 valence electrons. The van der Waals surface area contributed by atoms with Crippen molar-refractivity contribution in [2.24, 2.45) is 0 Å². The molecule has 3 aromatic rings. The average molecular weight is 578 g/mol. The molecule has 0 unspecified atom stereocenters. The maximum atomic E-state index is 13.6. The van der Waals surface area contributed by atoms with Gasteiger partial charge in [0.25, 0.3) is 5.91 Å². The van der Waals surface area contributed by atoms with Gasteiger partial charge in [-0.1, -0.05) is 67.3 Å². The molecule has 0 heterocycles. The summed E-state index contributed by atoms with van der Waals surface area (Å²) in [4.78, 5) is 38.5. The van der Waals surface area contributed by atoms with Crippen LogP contribution in [0.25, 0.3) is 0 Å². The van der Waals surface area contributed by atoms with E-state index >= 15 is 0 Å². The predicted octanol–water partition coefficient (Wildman–Crippen LogP) is 6.04. The van der Waals surface area contributed by atoms with Crippen molar-refractivity contribution in [3.8, 4) is 0 Å². The van der Waals surface area contributed by atoms with Crippen LogP contribution in [0.3, 0.4) is 0 Å². The van der Waals surface area contributed by atoms with Crippen LogP contribution >= 0.6 is 11.6 Å². The second-order valence-corrected chi connectivity index (χ2v) is 10.9. The Kier molecular flexibility index (Phi) is 10.4. The number of carbonyl (C=O) groups is 3. The smallest absolute Gasteiger partial charge is 0.334 e. The highest BCUT2D eigenvalue weighted by Gasteiger charge is 2.21. The Morgan fingerprint density at radius 3 is 2.17 bits per heavy atom. The fraction of sp³-hybridized carbons (Fsp3) is 0.344. The first-order chi connectivity index (χ1) is 19.7. The SMILES string of the molecule is C[C@H](NC(=O)N(Cc1ccc(C(=O)NC[C@@H](O)C(=O)O)cc1)c1ccc(C2CCCCC2)cc1)c1ccc(Cl)cc1. The van der Waals surface area contributed by atoms with Crippen molar-refractivity contribution in [3.05, 3.63) is 100 Å². The van der Waals surface area contributed by atoms with E-state index in [9.17, 15) is 19.5 Å². The lowest BCUT2D eigenvalue weighted by molar-refractivity contribution is -0.146. The minimum absolute atomic E-state index is 0.254. The number of hydrogen-bond donors (Lipinski definition) is 4. The van der Waals surface area contributed by atoms with E-state index in [2.05, 4.69) is 22.8 Å². The predicted molar refractivity (Wildman–Crippen MR) is 159 cm³/mol. The summed E-state index contributed by atoms with van der Waals surface area (Å²) in [6.45, 7) is 1.79. The third kappa shape index (κ3) is 8.31. The van der Waals surface area contributed by atoms with E-state index in [-0.39, 0.29) is 18.6 Å². The van der Waals surface area contributed by atoms with Crippen molar-refractivity contribution < 1.29 is 24.6 Å². The van der Waals surface area contributed by atoms with Gasteiger partial charge in [0, 0.05) is 16.3 Å². The van der Waals surface area contributed by atoms with Gasteiger partial charge >= 0.3 is 12.0 Å². The summed E-state index contributed by atoms with van der Waals surface area (Å²) >= 11 is 6.03. The molecule has 8 nitrogen and oxygen atoms in total. The minimum atomic E-state index is -1.68. The molecular formula is C32H36ClN3O5. The molecule has 4 N–H and O–H groups in total. The number of nitrogens with zero attached hydrogens (tertiary/aromatic N) is 1. The second-order valence-electron chi connectivity index (χ2n) is 10.5. The van der Waals surface area contributed by atoms with Crippen molar-refractivity contribution in [2.45, 2.75) is 63.6 Å². The van der Waals surface area contributed by atoms with Crippen LogP contribution in [-0.2, 0) is 11.3 Å². The number of hydrogen-bond acceptors (Lipinski definition) is 4. The van der Waals surface area contributed by atoms with Crippen molar-refractivity contribution in [2.75, 3.05) is 11.4 Å². The minimum Gasteiger partial charge on any atom is -0.479 e. The number of urea groups is 1. The molecule has 4 rings (SSSR count). The Hall–Kier alpha value is -3.88. The van der Waals surface area contributed by atoms with E-state index in [1.165, 1.54) is 37.7 Å². The maximum Gasteiger partial charge on any atom is 0.334 e. The lowest BCUT2D eigenvalue weighted by Gasteiger charge is -2.27. The number of carboxylic acids is 1. The molecule has 1 fully saturated rings. The highest BCUT2D eigenvalue weighted by molar-refractivity contribution is 6.30. The Morgan fingerprint density at radius 2 is 1.56 bits per heavy atom. The zero-order valence-electron chi connectivity index (χ0n) is 23.1. The van der Waals surface area contributed by atoms with Crippen molar-refractivity contribution in [1.82, 2.24) is 10.6 Å². The molecule has 1 saturated carbocycles. The van der Waals surface area contributed by atoms with E-state index in [0.29, 0.717) is 16.5 Å². The zero-order chi connectivity index (χ0) is 29.4. The molecule has 3 aromatic carbocycles. The number of carboxylic acid groups (broad SMARTS) is 1. The number of rotatable bonds is 10. The Morgan fingerprint density at radius 1 is 0.927 bits per heavy atom. The number of carbonyl (C=O) groups excluding carboxylic acids is 2. The summed E-state index contributed by atoms with van der Waals surface area (Å²) in [7, 11) is 0. The van der Waals surface area contributed by atoms with Gasteiger partial charge in [0.05, 0.1) is 19.1 Å². The summed E-state index contributed by atoms with van der Waals surface area (Å²) in [5.74, 6) is -1.35. The molecule has 0 spiro atoms. The number of benzene rings is 3. The summed E-state index contributed by atoms with van der Waals surface area (Å²) in [5, 5.41) is 24.3. The van der Waals surface area contributed by atoms with Gasteiger partial charge in [0.15, 0.2) is 6.10 Å². The molecule has 0 saturated heterocycles. The fourth-order valence-corrected chi connectivity index (χ4v) is 5.19. The highest BCUT2D eigenvalue weighted by atomic mass is 35.5. The molecule has 0 aliphatic heterocycles. The van der Waals surface area contributed by atoms with Gasteiger partial charge in [0.2, 0.25) is 0 Å². The van der Waals surface area contributed by atoms with E-state index in [4.69, 9.17) is 16.7 Å². The molecule has 0 bridgehead atoms. The van der Waals surface area contributed by atoms with Crippen LogP contribution in [-0.4, -0.2) is 40.8 Å². The number of halogens is 1. The molecule has 2 atom stereocenters. The van der Waals surface area contributed by atoms with Gasteiger partial charge in [-0.15, -0.1) is 0 Å². The highest BCUT2D eigenvalue weighted by Crippen LogP contribution is 2.33. The molecule has 0 aromatic heterocycles. The standard InChI is InChI=1S/C32H36ClN3O5/c1-21(23-11-15-27(33)16-12-23)35-32(41)36(28-17-13-25(14-18-28)24-5-3-2-4-6-24)20-22-7-9-26(10-8-22)30(38)34-19-29(37)31(39)40/h7-18,21,24,29,37H,2-6,19-20H2,1H3,(H,34,38)(H,35,41)(H,39,40)/t21-,29+/m0/s1. The number of nitrogens with one attached hydrogen (secondary N) is 2. The van der Waals surface area contributed by atoms with Crippen molar-refractivity contribution in [1.29, 1.82) is 0 Å². The number of amides is 3. The van der Waals surface area contributed by atoms with Crippen LogP contribution in [0.2, 0.25) is 5.02 Å². The molecular weight excluding hydrogens is 542 g/mol.